The lowest BCUT2D eigenvalue weighted by molar-refractivity contribution is 1.63. The maximum absolute atomic E-state index is 5.76. The monoisotopic (exact) mass is 155 g/mol. The molecule has 0 saturated heterocycles. The van der Waals surface area contributed by atoms with Crippen LogP contribution in [-0.2, 0) is 0 Å². The summed E-state index contributed by atoms with van der Waals surface area (Å²) in [6, 6.07) is 9.84. The zero-order chi connectivity index (χ0) is 8.81. The Morgan fingerprint density at radius 2 is 1.92 bits per heavy atom. The normalized spacial score (nSPS) is 10.0. The van der Waals surface area contributed by atoms with Gasteiger partial charge in [-0.3, -0.25) is 0 Å². The van der Waals surface area contributed by atoms with E-state index >= 15 is 0 Å². The van der Waals surface area contributed by atoms with E-state index in [-0.39, 0.29) is 0 Å². The van der Waals surface area contributed by atoms with Crippen molar-refractivity contribution < 1.29 is 0 Å². The first-order valence-electron chi connectivity index (χ1n) is 3.81. The number of benzene rings is 1. The van der Waals surface area contributed by atoms with Gasteiger partial charge in [-0.2, -0.15) is 0 Å². The lowest BCUT2D eigenvalue weighted by Gasteiger charge is -1.97. The maximum Gasteiger partial charge on any atom is -0.0184 e. The van der Waals surface area contributed by atoms with Crippen LogP contribution in [0.15, 0.2) is 55.1 Å². The summed E-state index contributed by atoms with van der Waals surface area (Å²) in [5.74, 6) is 0. The highest BCUT2D eigenvalue weighted by molar-refractivity contribution is 5.70. The Bertz CT molecular complexity index is 291. The molecule has 0 N–H and O–H groups in total. The molecule has 0 amide bonds. The van der Waals surface area contributed by atoms with Crippen molar-refractivity contribution in [1.82, 2.24) is 0 Å². The van der Waals surface area contributed by atoms with Gasteiger partial charge in [0.25, 0.3) is 0 Å². The standard InChI is InChI=1S/C12H11/c1-3-4-8-11(2)12-9-6-5-7-10-12/h2-10H,1H2. The lowest BCUT2D eigenvalue weighted by Crippen LogP contribution is -1.75. The second-order valence-corrected chi connectivity index (χ2v) is 2.42. The van der Waals surface area contributed by atoms with Gasteiger partial charge in [-0.05, 0) is 11.1 Å². The summed E-state index contributed by atoms with van der Waals surface area (Å²) in [5, 5.41) is 0. The summed E-state index contributed by atoms with van der Waals surface area (Å²) < 4.78 is 0. The molecule has 0 aromatic heterocycles. The van der Waals surface area contributed by atoms with Crippen LogP contribution in [-0.4, -0.2) is 0 Å². The first-order valence-corrected chi connectivity index (χ1v) is 3.81. The van der Waals surface area contributed by atoms with Gasteiger partial charge in [0.1, 0.15) is 0 Å². The van der Waals surface area contributed by atoms with Crippen molar-refractivity contribution in [2.24, 2.45) is 0 Å². The highest BCUT2D eigenvalue weighted by Crippen LogP contribution is 2.11. The van der Waals surface area contributed by atoms with Crippen LogP contribution in [0.4, 0.5) is 0 Å². The zero-order valence-electron chi connectivity index (χ0n) is 6.90. The Kier molecular flexibility index (Phi) is 3.09. The molecule has 1 rings (SSSR count). The van der Waals surface area contributed by atoms with Crippen LogP contribution in [0, 0.1) is 6.58 Å². The summed E-state index contributed by atoms with van der Waals surface area (Å²) in [5.41, 5.74) is 1.80. The third-order valence-corrected chi connectivity index (χ3v) is 1.52. The minimum absolute atomic E-state index is 0.760. The molecule has 1 aromatic carbocycles. The molecular formula is C12H11. The van der Waals surface area contributed by atoms with E-state index in [1.165, 1.54) is 0 Å². The summed E-state index contributed by atoms with van der Waals surface area (Å²) >= 11 is 0. The topological polar surface area (TPSA) is 0 Å². The molecule has 0 bridgehead atoms. The SMILES string of the molecule is [CH]=C(C=CC=C)c1ccccc1. The van der Waals surface area contributed by atoms with Gasteiger partial charge in [0.2, 0.25) is 0 Å². The molecule has 0 heteroatoms. The molecular weight excluding hydrogens is 144 g/mol. The summed E-state index contributed by atoms with van der Waals surface area (Å²) in [6.07, 6.45) is 5.36. The van der Waals surface area contributed by atoms with Crippen LogP contribution in [0.5, 0.6) is 0 Å². The second kappa shape index (κ2) is 4.35. The van der Waals surface area contributed by atoms with Crippen molar-refractivity contribution in [1.29, 1.82) is 0 Å². The average Bonchev–Trinajstić information content (AvgIpc) is 2.15. The fourth-order valence-corrected chi connectivity index (χ4v) is 0.899. The largest absolute Gasteiger partial charge is 0.0991 e. The van der Waals surface area contributed by atoms with Crippen LogP contribution in [0.1, 0.15) is 5.56 Å². The predicted octanol–water partition coefficient (Wildman–Crippen LogP) is 3.25. The second-order valence-electron chi connectivity index (χ2n) is 2.42. The minimum Gasteiger partial charge on any atom is -0.0991 e. The molecule has 0 aliphatic rings. The van der Waals surface area contributed by atoms with Crippen LogP contribution in [0.25, 0.3) is 5.57 Å². The molecule has 0 heterocycles. The van der Waals surface area contributed by atoms with Crippen LogP contribution in [0.3, 0.4) is 0 Å². The molecule has 0 fully saturated rings. The molecule has 0 atom stereocenters. The van der Waals surface area contributed by atoms with E-state index in [0.29, 0.717) is 0 Å². The highest BCUT2D eigenvalue weighted by atomic mass is 13.9. The molecule has 1 aromatic rings. The molecule has 1 radical (unpaired) electrons. The predicted molar refractivity (Wildman–Crippen MR) is 53.5 cm³/mol. The van der Waals surface area contributed by atoms with E-state index in [1.807, 2.05) is 42.5 Å². The van der Waals surface area contributed by atoms with Gasteiger partial charge in [-0.25, -0.2) is 0 Å². The molecule has 0 spiro atoms. The highest BCUT2D eigenvalue weighted by Gasteiger charge is 1.90. The number of rotatable bonds is 3. The maximum atomic E-state index is 5.76. The van der Waals surface area contributed by atoms with Gasteiger partial charge in [0, 0.05) is 0 Å². The van der Waals surface area contributed by atoms with E-state index < -0.39 is 0 Å². The van der Waals surface area contributed by atoms with Crippen molar-refractivity contribution in [2.45, 2.75) is 0 Å². The molecule has 59 valence electrons. The Hall–Kier alpha value is -1.56. The van der Waals surface area contributed by atoms with Crippen LogP contribution < -0.4 is 0 Å². The Labute approximate surface area is 73.6 Å². The van der Waals surface area contributed by atoms with E-state index in [4.69, 9.17) is 6.58 Å². The fraction of sp³-hybridized carbons (Fsp3) is 0. The lowest BCUT2D eigenvalue weighted by atomic mass is 10.1. The van der Waals surface area contributed by atoms with Crippen molar-refractivity contribution in [3.05, 3.63) is 67.3 Å². The molecule has 0 aliphatic carbocycles. The van der Waals surface area contributed by atoms with E-state index in [2.05, 4.69) is 6.58 Å². The van der Waals surface area contributed by atoms with Crippen molar-refractivity contribution in [2.75, 3.05) is 0 Å². The smallest absolute Gasteiger partial charge is 0.0184 e. The molecule has 0 nitrogen and oxygen atoms in total. The van der Waals surface area contributed by atoms with Gasteiger partial charge >= 0.3 is 0 Å². The Morgan fingerprint density at radius 1 is 1.25 bits per heavy atom. The van der Waals surface area contributed by atoms with Gasteiger partial charge in [0.05, 0.1) is 0 Å². The molecule has 0 unspecified atom stereocenters. The molecule has 0 aliphatic heterocycles. The third-order valence-electron chi connectivity index (χ3n) is 1.52. The fourth-order valence-electron chi connectivity index (χ4n) is 0.899. The van der Waals surface area contributed by atoms with E-state index in [9.17, 15) is 0 Å². The Morgan fingerprint density at radius 3 is 2.50 bits per heavy atom. The van der Waals surface area contributed by atoms with Gasteiger partial charge in [-0.1, -0.05) is 61.7 Å². The number of hydrogen-bond acceptors (Lipinski definition) is 0. The molecule has 0 saturated carbocycles. The van der Waals surface area contributed by atoms with Crippen molar-refractivity contribution in [3.8, 4) is 0 Å². The first kappa shape index (κ1) is 8.54. The number of hydrogen-bond donors (Lipinski definition) is 0. The number of allylic oxidation sites excluding steroid dienone is 4. The van der Waals surface area contributed by atoms with Crippen molar-refractivity contribution >= 4 is 5.57 Å². The van der Waals surface area contributed by atoms with E-state index in [1.54, 1.807) is 6.08 Å². The quantitative estimate of drug-likeness (QED) is 0.588. The third kappa shape index (κ3) is 2.24. The first-order chi connectivity index (χ1) is 5.84. The van der Waals surface area contributed by atoms with Gasteiger partial charge in [-0.15, -0.1) is 0 Å². The Balaban J connectivity index is 2.79. The summed E-state index contributed by atoms with van der Waals surface area (Å²) in [7, 11) is 0. The van der Waals surface area contributed by atoms with Crippen LogP contribution >= 0.6 is 0 Å². The molecule has 12 heavy (non-hydrogen) atoms. The van der Waals surface area contributed by atoms with Crippen molar-refractivity contribution in [3.63, 3.8) is 0 Å². The summed E-state index contributed by atoms with van der Waals surface area (Å²) in [6.45, 7) is 9.33. The van der Waals surface area contributed by atoms with Gasteiger partial charge < -0.3 is 0 Å². The van der Waals surface area contributed by atoms with E-state index in [0.717, 1.165) is 11.1 Å². The minimum atomic E-state index is 0.760. The van der Waals surface area contributed by atoms with Crippen LogP contribution in [0.2, 0.25) is 0 Å². The summed E-state index contributed by atoms with van der Waals surface area (Å²) in [4.78, 5) is 0. The average molecular weight is 155 g/mol. The zero-order valence-corrected chi connectivity index (χ0v) is 6.90. The van der Waals surface area contributed by atoms with Gasteiger partial charge in [0.15, 0.2) is 0 Å².